The molecule has 0 bridgehead atoms. The molecule has 4 aromatic rings. The van der Waals surface area contributed by atoms with E-state index in [2.05, 4.69) is 29.5 Å². The van der Waals surface area contributed by atoms with Crippen LogP contribution < -0.4 is 9.47 Å². The third-order valence-electron chi connectivity index (χ3n) is 6.29. The van der Waals surface area contributed by atoms with Gasteiger partial charge < -0.3 is 18.9 Å². The summed E-state index contributed by atoms with van der Waals surface area (Å²) < 4.78 is 65.6. The number of hydrogen-bond acceptors (Lipinski definition) is 6. The van der Waals surface area contributed by atoms with Gasteiger partial charge in [-0.2, -0.15) is 18.3 Å². The van der Waals surface area contributed by atoms with E-state index in [1.165, 1.54) is 19.2 Å². The number of aromatic nitrogens is 2. The van der Waals surface area contributed by atoms with E-state index < -0.39 is 19.8 Å². The molecular formula is C30H33F3N2O5Si. The third-order valence-corrected chi connectivity index (χ3v) is 7.99. The van der Waals surface area contributed by atoms with Crippen LogP contribution in [0.3, 0.4) is 0 Å². The third kappa shape index (κ3) is 8.58. The number of fused-ring (bicyclic) bond motifs is 1. The molecule has 0 fully saturated rings. The summed E-state index contributed by atoms with van der Waals surface area (Å²) in [6.07, 6.45) is -2.49. The molecule has 0 radical (unpaired) electrons. The molecule has 41 heavy (non-hydrogen) atoms. The van der Waals surface area contributed by atoms with Gasteiger partial charge in [0, 0.05) is 26.5 Å². The second-order valence-corrected chi connectivity index (χ2v) is 16.4. The van der Waals surface area contributed by atoms with E-state index >= 15 is 0 Å². The summed E-state index contributed by atoms with van der Waals surface area (Å²) in [5.74, 6) is -0.130. The predicted octanol–water partition coefficient (Wildman–Crippen LogP) is 8.06. The average molecular weight is 587 g/mol. The smallest absolute Gasteiger partial charge is 0.420 e. The maximum absolute atomic E-state index is 14.0. The topological polar surface area (TPSA) is 71.8 Å². The van der Waals surface area contributed by atoms with Gasteiger partial charge in [0.05, 0.1) is 18.8 Å². The molecule has 218 valence electrons. The molecule has 0 aliphatic carbocycles. The molecular weight excluding hydrogens is 553 g/mol. The first kappa shape index (κ1) is 30.1. The fraction of sp³-hybridized carbons (Fsp3) is 0.333. The largest absolute Gasteiger partial charge is 0.469 e. The minimum atomic E-state index is -4.68. The normalized spacial score (nSPS) is 12.0. The molecule has 0 spiro atoms. The highest BCUT2D eigenvalue weighted by Crippen LogP contribution is 2.41. The fourth-order valence-electron chi connectivity index (χ4n) is 4.02. The van der Waals surface area contributed by atoms with Gasteiger partial charge in [0.1, 0.15) is 35.3 Å². The summed E-state index contributed by atoms with van der Waals surface area (Å²) in [7, 11) is 0.108. The highest BCUT2D eigenvalue weighted by molar-refractivity contribution is 6.76. The van der Waals surface area contributed by atoms with Gasteiger partial charge in [-0.05, 0) is 66.6 Å². The van der Waals surface area contributed by atoms with Gasteiger partial charge in [-0.15, -0.1) is 0 Å². The molecule has 0 N–H and O–H groups in total. The fourth-order valence-corrected chi connectivity index (χ4v) is 4.78. The molecule has 0 amide bonds. The number of esters is 1. The van der Waals surface area contributed by atoms with Crippen LogP contribution in [0.5, 0.6) is 23.0 Å². The first-order valence-corrected chi connectivity index (χ1v) is 16.9. The van der Waals surface area contributed by atoms with Crippen molar-refractivity contribution >= 4 is 24.9 Å². The van der Waals surface area contributed by atoms with Crippen LogP contribution in [0, 0.1) is 0 Å². The van der Waals surface area contributed by atoms with Crippen LogP contribution in [0.25, 0.3) is 10.9 Å². The predicted molar refractivity (Wildman–Crippen MR) is 152 cm³/mol. The molecule has 1 aromatic heterocycles. The van der Waals surface area contributed by atoms with Crippen molar-refractivity contribution < 1.29 is 36.9 Å². The number of carbonyl (C=O) groups is 1. The van der Waals surface area contributed by atoms with Gasteiger partial charge in [-0.1, -0.05) is 31.8 Å². The Morgan fingerprint density at radius 3 is 2.41 bits per heavy atom. The van der Waals surface area contributed by atoms with Crippen molar-refractivity contribution in [2.75, 3.05) is 13.7 Å². The van der Waals surface area contributed by atoms with Gasteiger partial charge in [0.15, 0.2) is 0 Å². The Labute approximate surface area is 237 Å². The number of nitrogens with zero attached hydrogens (tertiary/aromatic N) is 2. The summed E-state index contributed by atoms with van der Waals surface area (Å²) in [5.41, 5.74) is 0.594. The van der Waals surface area contributed by atoms with E-state index in [1.807, 2.05) is 0 Å². The van der Waals surface area contributed by atoms with Crippen molar-refractivity contribution in [2.45, 2.75) is 51.4 Å². The number of halogens is 3. The first-order valence-electron chi connectivity index (χ1n) is 13.2. The number of ether oxygens (including phenoxy) is 4. The molecule has 1 heterocycles. The Morgan fingerprint density at radius 1 is 0.951 bits per heavy atom. The average Bonchev–Trinajstić information content (AvgIpc) is 3.32. The van der Waals surface area contributed by atoms with Crippen LogP contribution in [0.4, 0.5) is 13.2 Å². The number of hydrogen-bond donors (Lipinski definition) is 0. The molecule has 0 saturated carbocycles. The monoisotopic (exact) mass is 586 g/mol. The molecule has 0 aliphatic rings. The summed E-state index contributed by atoms with van der Waals surface area (Å²) in [5, 5.41) is 5.14. The lowest BCUT2D eigenvalue weighted by Gasteiger charge is -2.16. The van der Waals surface area contributed by atoms with E-state index in [-0.39, 0.29) is 29.6 Å². The Hall–Kier alpha value is -3.83. The second kappa shape index (κ2) is 12.8. The van der Waals surface area contributed by atoms with Crippen molar-refractivity contribution in [1.82, 2.24) is 9.78 Å². The summed E-state index contributed by atoms with van der Waals surface area (Å²) in [6, 6.07) is 16.4. The number of methoxy groups -OCH3 is 1. The van der Waals surface area contributed by atoms with Crippen LogP contribution in [-0.4, -0.2) is 37.5 Å². The van der Waals surface area contributed by atoms with Crippen molar-refractivity contribution in [3.63, 3.8) is 0 Å². The standard InChI is InChI=1S/C30H33F3N2O5Si/c1-37-29(36)13-8-21-6-5-7-23(16-21)40-28-12-10-25(18-26(28)30(31,32)33)39-24-9-11-27-22(17-24)19-34-35(27)20-38-14-15-41(2,3)4/h5-7,9-12,16-19H,8,13-15,20H2,1-4H3. The van der Waals surface area contributed by atoms with Gasteiger partial charge in [-0.3, -0.25) is 4.79 Å². The highest BCUT2D eigenvalue weighted by Gasteiger charge is 2.35. The molecule has 11 heteroatoms. The lowest BCUT2D eigenvalue weighted by atomic mass is 10.1. The van der Waals surface area contributed by atoms with Gasteiger partial charge in [-0.25, -0.2) is 4.68 Å². The molecule has 0 saturated heterocycles. The van der Waals surface area contributed by atoms with E-state index in [0.29, 0.717) is 25.5 Å². The maximum atomic E-state index is 14.0. The highest BCUT2D eigenvalue weighted by atomic mass is 28.3. The lowest BCUT2D eigenvalue weighted by molar-refractivity contribution is -0.140. The number of rotatable bonds is 12. The molecule has 0 unspecified atom stereocenters. The maximum Gasteiger partial charge on any atom is 0.420 e. The van der Waals surface area contributed by atoms with Gasteiger partial charge >= 0.3 is 12.1 Å². The van der Waals surface area contributed by atoms with Crippen molar-refractivity contribution in [3.8, 4) is 23.0 Å². The zero-order valence-electron chi connectivity index (χ0n) is 23.5. The molecule has 0 atom stereocenters. The number of alkyl halides is 3. The SMILES string of the molecule is COC(=O)CCc1cccc(Oc2ccc(Oc3ccc4c(cnn4COCC[Si](C)(C)C)c3)cc2C(F)(F)F)c1. The first-order chi connectivity index (χ1) is 19.4. The quantitative estimate of drug-likeness (QED) is 0.0950. The Bertz CT molecular complexity index is 1500. The van der Waals surface area contributed by atoms with Crippen LogP contribution in [0.2, 0.25) is 25.7 Å². The minimum absolute atomic E-state index is 0.0120. The lowest BCUT2D eigenvalue weighted by Crippen LogP contribution is -2.22. The van der Waals surface area contributed by atoms with E-state index in [9.17, 15) is 18.0 Å². The Morgan fingerprint density at radius 2 is 1.68 bits per heavy atom. The summed E-state index contributed by atoms with van der Waals surface area (Å²) in [6.45, 7) is 7.85. The molecule has 3 aromatic carbocycles. The van der Waals surface area contributed by atoms with E-state index in [1.54, 1.807) is 53.3 Å². The van der Waals surface area contributed by atoms with Crippen molar-refractivity contribution in [2.24, 2.45) is 0 Å². The van der Waals surface area contributed by atoms with E-state index in [0.717, 1.165) is 28.6 Å². The molecule has 7 nitrogen and oxygen atoms in total. The van der Waals surface area contributed by atoms with Crippen LogP contribution in [0.1, 0.15) is 17.5 Å². The Balaban J connectivity index is 1.47. The Kier molecular flexibility index (Phi) is 9.39. The summed E-state index contributed by atoms with van der Waals surface area (Å²) >= 11 is 0. The zero-order valence-corrected chi connectivity index (χ0v) is 24.5. The number of carbonyl (C=O) groups excluding carboxylic acids is 1. The molecule has 0 aliphatic heterocycles. The number of benzene rings is 3. The second-order valence-electron chi connectivity index (χ2n) is 10.8. The van der Waals surface area contributed by atoms with Gasteiger partial charge in [0.2, 0.25) is 0 Å². The van der Waals surface area contributed by atoms with Gasteiger partial charge in [0.25, 0.3) is 0 Å². The van der Waals surface area contributed by atoms with Crippen LogP contribution in [-0.2, 0) is 33.6 Å². The zero-order chi connectivity index (χ0) is 29.6. The van der Waals surface area contributed by atoms with E-state index in [4.69, 9.17) is 14.2 Å². The van der Waals surface area contributed by atoms with Crippen LogP contribution in [0.15, 0.2) is 66.9 Å². The van der Waals surface area contributed by atoms with Crippen LogP contribution >= 0.6 is 0 Å². The summed E-state index contributed by atoms with van der Waals surface area (Å²) in [4.78, 5) is 11.4. The van der Waals surface area contributed by atoms with Crippen molar-refractivity contribution in [1.29, 1.82) is 0 Å². The molecule has 4 rings (SSSR count). The minimum Gasteiger partial charge on any atom is -0.469 e. The van der Waals surface area contributed by atoms with Crippen molar-refractivity contribution in [3.05, 3.63) is 78.0 Å². The number of aryl methyl sites for hydroxylation is 1.